The van der Waals surface area contributed by atoms with Gasteiger partial charge in [-0.15, -0.1) is 0 Å². The van der Waals surface area contributed by atoms with Crippen LogP contribution in [0.4, 0.5) is 0 Å². The third-order valence-corrected chi connectivity index (χ3v) is 0. The average molecular weight is 339 g/mol. The van der Waals surface area contributed by atoms with Crippen LogP contribution >= 0.6 is 0 Å². The van der Waals surface area contributed by atoms with E-state index in [1.165, 1.54) is 0 Å². The molecule has 0 rings (SSSR count). The SMILES string of the molecule is [Ca+2].[Na+].[O-][Si]([O-])([O-])[O-].[W]. The zero-order chi connectivity index (χ0) is 4.50. The molecule has 0 N–H and O–H groups in total. The molecule has 0 aliphatic carbocycles. The maximum absolute atomic E-state index is 8.58. The Labute approximate surface area is 114 Å². The summed E-state index contributed by atoms with van der Waals surface area (Å²) >= 11 is 0. The van der Waals surface area contributed by atoms with Gasteiger partial charge in [-0.05, 0) is 0 Å². The van der Waals surface area contributed by atoms with Gasteiger partial charge in [0.25, 0.3) is 0 Å². The van der Waals surface area contributed by atoms with Gasteiger partial charge in [-0.1, -0.05) is 0 Å². The third kappa shape index (κ3) is 63.9. The Bertz CT molecular complexity index is 31.5. The fourth-order valence-corrected chi connectivity index (χ4v) is 0. The van der Waals surface area contributed by atoms with Gasteiger partial charge >= 0.3 is 67.3 Å². The fraction of sp³-hybridized carbons (Fsp3) is 0. The third-order valence-electron chi connectivity index (χ3n) is 0. The Morgan fingerprint density at radius 1 is 0.875 bits per heavy atom. The molecule has 0 saturated heterocycles. The molecule has 0 radical (unpaired) electrons. The van der Waals surface area contributed by atoms with Gasteiger partial charge in [0.1, 0.15) is 0 Å². The molecule has 4 nitrogen and oxygen atoms in total. The normalized spacial score (nSPS) is 7.50. The zero-order valence-corrected chi connectivity index (χ0v) is 12.4. The summed E-state index contributed by atoms with van der Waals surface area (Å²) in [6.07, 6.45) is 0. The minimum absolute atomic E-state index is 0. The molecule has 0 unspecified atom stereocenters. The molecule has 0 aromatic rings. The number of hydrogen-bond acceptors (Lipinski definition) is 4. The Balaban J connectivity index is -0.0000000267. The van der Waals surface area contributed by atoms with Gasteiger partial charge in [0.05, 0.1) is 0 Å². The monoisotopic (exact) mass is 339 g/mol. The second-order valence-electron chi connectivity index (χ2n) is 0.500. The molecule has 0 fully saturated rings. The molecular formula is CaNaO4SiW-. The smallest absolute Gasteiger partial charge is 0.894 e. The Morgan fingerprint density at radius 3 is 0.875 bits per heavy atom. The van der Waals surface area contributed by atoms with Gasteiger partial charge < -0.3 is 28.2 Å². The largest absolute Gasteiger partial charge is 2.00 e. The molecule has 0 amide bonds. The van der Waals surface area contributed by atoms with Crippen molar-refractivity contribution in [2.45, 2.75) is 0 Å². The molecule has 0 aliphatic heterocycles. The molecule has 8 heavy (non-hydrogen) atoms. The van der Waals surface area contributed by atoms with E-state index in [4.69, 9.17) is 19.2 Å². The van der Waals surface area contributed by atoms with Crippen LogP contribution in [0, 0.1) is 0 Å². The molecule has 0 aliphatic rings. The van der Waals surface area contributed by atoms with Crippen molar-refractivity contribution in [1.29, 1.82) is 0 Å². The Hall–Kier alpha value is 3.00. The first kappa shape index (κ1) is 22.4. The Kier molecular flexibility index (Phi) is 28.1. The van der Waals surface area contributed by atoms with Gasteiger partial charge in [0, 0.05) is 21.1 Å². The van der Waals surface area contributed by atoms with Crippen LogP contribution in [0.2, 0.25) is 0 Å². The first-order chi connectivity index (χ1) is 2.00. The quantitative estimate of drug-likeness (QED) is 0.410. The minimum Gasteiger partial charge on any atom is -0.894 e. The first-order valence-electron chi connectivity index (χ1n) is 0.816. The molecule has 0 bridgehead atoms. The summed E-state index contributed by atoms with van der Waals surface area (Å²) in [5, 5.41) is 0. The van der Waals surface area contributed by atoms with Crippen molar-refractivity contribution in [3.8, 4) is 0 Å². The van der Waals surface area contributed by atoms with Gasteiger partial charge in [0.2, 0.25) is 0 Å². The van der Waals surface area contributed by atoms with Crippen molar-refractivity contribution in [2.24, 2.45) is 0 Å². The van der Waals surface area contributed by atoms with Crippen LogP contribution in [0.5, 0.6) is 0 Å². The van der Waals surface area contributed by atoms with Crippen molar-refractivity contribution >= 4 is 46.8 Å². The topological polar surface area (TPSA) is 92.2 Å². The molecule has 0 aromatic heterocycles. The van der Waals surface area contributed by atoms with Crippen LogP contribution in [0.3, 0.4) is 0 Å². The van der Waals surface area contributed by atoms with Crippen LogP contribution in [-0.2, 0) is 21.1 Å². The van der Waals surface area contributed by atoms with Crippen molar-refractivity contribution < 1.29 is 69.8 Å². The standard InChI is InChI=1S/Ca.Na.O4Si.W/c;;1-5(2,3)4;/q+2;+1;-4;. The second-order valence-corrected chi connectivity index (χ2v) is 1.50. The fourth-order valence-electron chi connectivity index (χ4n) is 0. The first-order valence-corrected chi connectivity index (χ1v) is 2.45. The minimum atomic E-state index is -5.61. The molecule has 0 saturated carbocycles. The molecule has 0 heterocycles. The van der Waals surface area contributed by atoms with Crippen molar-refractivity contribution in [2.75, 3.05) is 0 Å². The van der Waals surface area contributed by atoms with E-state index in [-0.39, 0.29) is 88.4 Å². The van der Waals surface area contributed by atoms with Gasteiger partial charge in [-0.25, -0.2) is 0 Å². The van der Waals surface area contributed by atoms with Crippen molar-refractivity contribution in [3.05, 3.63) is 0 Å². The Morgan fingerprint density at radius 2 is 0.875 bits per heavy atom. The number of rotatable bonds is 0. The predicted molar refractivity (Wildman–Crippen MR) is 11.5 cm³/mol. The van der Waals surface area contributed by atoms with Gasteiger partial charge in [-0.3, -0.25) is 0 Å². The molecule has 8 heteroatoms. The van der Waals surface area contributed by atoms with E-state index >= 15 is 0 Å². The summed E-state index contributed by atoms with van der Waals surface area (Å²) in [6.45, 7) is 0. The van der Waals surface area contributed by atoms with Crippen molar-refractivity contribution in [1.82, 2.24) is 0 Å². The molecule has 0 spiro atoms. The number of hydrogen-bond donors (Lipinski definition) is 0. The van der Waals surface area contributed by atoms with E-state index in [0.717, 1.165) is 0 Å². The van der Waals surface area contributed by atoms with E-state index in [2.05, 4.69) is 0 Å². The molecule has 38 valence electrons. The van der Waals surface area contributed by atoms with E-state index in [0.29, 0.717) is 0 Å². The summed E-state index contributed by atoms with van der Waals surface area (Å²) in [4.78, 5) is 34.3. The summed E-state index contributed by atoms with van der Waals surface area (Å²) < 4.78 is 0. The zero-order valence-electron chi connectivity index (χ0n) is 4.25. The molecule has 0 aromatic carbocycles. The van der Waals surface area contributed by atoms with Crippen LogP contribution in [0.25, 0.3) is 0 Å². The van der Waals surface area contributed by atoms with E-state index < -0.39 is 9.05 Å². The molecular weight excluding hydrogens is 339 g/mol. The van der Waals surface area contributed by atoms with Crippen molar-refractivity contribution in [3.63, 3.8) is 0 Å². The van der Waals surface area contributed by atoms with E-state index in [1.54, 1.807) is 0 Å². The maximum Gasteiger partial charge on any atom is 2.00 e. The van der Waals surface area contributed by atoms with E-state index in [9.17, 15) is 0 Å². The van der Waals surface area contributed by atoms with Crippen LogP contribution < -0.4 is 48.7 Å². The predicted octanol–water partition coefficient (Wildman–Crippen LogP) is -8.52. The summed E-state index contributed by atoms with van der Waals surface area (Å²) in [5.41, 5.74) is 0. The van der Waals surface area contributed by atoms with Gasteiger partial charge in [-0.2, -0.15) is 0 Å². The van der Waals surface area contributed by atoms with Crippen LogP contribution in [0.15, 0.2) is 0 Å². The maximum atomic E-state index is 8.58. The van der Waals surface area contributed by atoms with E-state index in [1.807, 2.05) is 0 Å². The second kappa shape index (κ2) is 10.0. The van der Waals surface area contributed by atoms with Gasteiger partial charge in [0.15, 0.2) is 0 Å². The van der Waals surface area contributed by atoms with Crippen LogP contribution in [-0.4, -0.2) is 46.8 Å². The summed E-state index contributed by atoms with van der Waals surface area (Å²) in [7, 11) is -5.61. The molecule has 0 atom stereocenters. The van der Waals surface area contributed by atoms with Crippen LogP contribution in [0.1, 0.15) is 0 Å². The summed E-state index contributed by atoms with van der Waals surface area (Å²) in [6, 6.07) is 0. The summed E-state index contributed by atoms with van der Waals surface area (Å²) in [5.74, 6) is 0. The average Bonchev–Trinajstić information content (AvgIpc) is 0.722.